The lowest BCUT2D eigenvalue weighted by molar-refractivity contribution is 0.0936. The number of thiazole rings is 1. The Morgan fingerprint density at radius 2 is 2.12 bits per heavy atom. The number of nitrogens with zero attached hydrogens (tertiary/aromatic N) is 3. The zero-order valence-electron chi connectivity index (χ0n) is 13.3. The number of aromatic nitrogens is 3. The van der Waals surface area contributed by atoms with Crippen molar-refractivity contribution in [2.24, 2.45) is 0 Å². The van der Waals surface area contributed by atoms with Gasteiger partial charge in [0.15, 0.2) is 0 Å². The number of hydrogen-bond donors (Lipinski definition) is 1. The zero-order chi connectivity index (χ0) is 17.3. The Morgan fingerprint density at radius 1 is 1.33 bits per heavy atom. The van der Waals surface area contributed by atoms with Gasteiger partial charge in [-0.3, -0.25) is 4.79 Å². The van der Waals surface area contributed by atoms with Crippen LogP contribution in [0.15, 0.2) is 28.8 Å². The maximum Gasteiger partial charge on any atom is 0.263 e. The predicted octanol–water partition coefficient (Wildman–Crippen LogP) is 3.44. The van der Waals surface area contributed by atoms with Crippen molar-refractivity contribution >= 4 is 17.2 Å². The summed E-state index contributed by atoms with van der Waals surface area (Å²) in [7, 11) is 0. The molecule has 0 radical (unpaired) electrons. The van der Waals surface area contributed by atoms with Crippen LogP contribution in [-0.2, 0) is 0 Å². The van der Waals surface area contributed by atoms with Crippen molar-refractivity contribution in [2.45, 2.75) is 26.8 Å². The van der Waals surface area contributed by atoms with E-state index in [9.17, 15) is 9.18 Å². The van der Waals surface area contributed by atoms with Crippen molar-refractivity contribution in [1.82, 2.24) is 20.4 Å². The second-order valence-corrected chi connectivity index (χ2v) is 6.51. The summed E-state index contributed by atoms with van der Waals surface area (Å²) < 4.78 is 18.5. The zero-order valence-corrected chi connectivity index (χ0v) is 14.1. The number of halogens is 1. The number of nitrogens with one attached hydrogen (secondary N) is 1. The molecule has 3 rings (SSSR count). The fourth-order valence-corrected chi connectivity index (χ4v) is 3.04. The van der Waals surface area contributed by atoms with Crippen LogP contribution in [0.1, 0.15) is 39.2 Å². The van der Waals surface area contributed by atoms with Crippen LogP contribution < -0.4 is 5.32 Å². The lowest BCUT2D eigenvalue weighted by Crippen LogP contribution is -2.26. The van der Waals surface area contributed by atoms with Gasteiger partial charge in [0.1, 0.15) is 16.7 Å². The first-order valence-corrected chi connectivity index (χ1v) is 8.10. The summed E-state index contributed by atoms with van der Waals surface area (Å²) in [4.78, 5) is 21.3. The molecule has 0 fully saturated rings. The van der Waals surface area contributed by atoms with E-state index < -0.39 is 6.04 Å². The van der Waals surface area contributed by atoms with Crippen molar-refractivity contribution in [3.05, 3.63) is 51.6 Å². The van der Waals surface area contributed by atoms with E-state index in [-0.39, 0.29) is 23.4 Å². The first kappa shape index (κ1) is 16.3. The van der Waals surface area contributed by atoms with Crippen molar-refractivity contribution in [3.8, 4) is 11.4 Å². The van der Waals surface area contributed by atoms with Gasteiger partial charge in [0.25, 0.3) is 5.91 Å². The fraction of sp³-hybridized carbons (Fsp3) is 0.250. The normalized spacial score (nSPS) is 12.2. The summed E-state index contributed by atoms with van der Waals surface area (Å²) in [6, 6.07) is 5.44. The van der Waals surface area contributed by atoms with Crippen LogP contribution in [0.3, 0.4) is 0 Å². The number of aryl methyl sites for hydroxylation is 2. The molecule has 8 heteroatoms. The quantitative estimate of drug-likeness (QED) is 0.783. The van der Waals surface area contributed by atoms with Crippen LogP contribution in [0.25, 0.3) is 11.4 Å². The van der Waals surface area contributed by atoms with E-state index in [0.717, 1.165) is 5.01 Å². The second-order valence-electron chi connectivity index (χ2n) is 5.31. The Labute approximate surface area is 141 Å². The van der Waals surface area contributed by atoms with Crippen molar-refractivity contribution in [2.75, 3.05) is 0 Å². The van der Waals surface area contributed by atoms with Gasteiger partial charge in [-0.25, -0.2) is 9.37 Å². The van der Waals surface area contributed by atoms with Crippen molar-refractivity contribution in [1.29, 1.82) is 0 Å². The van der Waals surface area contributed by atoms with E-state index in [0.29, 0.717) is 16.1 Å². The summed E-state index contributed by atoms with van der Waals surface area (Å²) >= 11 is 1.33. The van der Waals surface area contributed by atoms with E-state index in [1.54, 1.807) is 26.0 Å². The highest BCUT2D eigenvalue weighted by molar-refractivity contribution is 7.13. The summed E-state index contributed by atoms with van der Waals surface area (Å²) in [5.41, 5.74) is 1.20. The van der Waals surface area contributed by atoms with E-state index in [1.165, 1.54) is 23.5 Å². The Balaban J connectivity index is 1.75. The van der Waals surface area contributed by atoms with Crippen LogP contribution in [0.2, 0.25) is 0 Å². The topological polar surface area (TPSA) is 80.9 Å². The summed E-state index contributed by atoms with van der Waals surface area (Å²) in [5.74, 6) is -0.0933. The smallest absolute Gasteiger partial charge is 0.263 e. The van der Waals surface area contributed by atoms with Crippen LogP contribution >= 0.6 is 11.3 Å². The molecule has 3 aromatic rings. The molecule has 24 heavy (non-hydrogen) atoms. The predicted molar refractivity (Wildman–Crippen MR) is 87.2 cm³/mol. The molecule has 1 N–H and O–H groups in total. The molecule has 0 saturated carbocycles. The van der Waals surface area contributed by atoms with Gasteiger partial charge in [-0.05, 0) is 32.9 Å². The number of carbonyl (C=O) groups excluding carboxylic acids is 1. The lowest BCUT2D eigenvalue weighted by atomic mass is 10.2. The molecular weight excluding hydrogens is 331 g/mol. The Morgan fingerprint density at radius 3 is 2.79 bits per heavy atom. The first-order chi connectivity index (χ1) is 11.4. The van der Waals surface area contributed by atoms with Crippen LogP contribution in [0.5, 0.6) is 0 Å². The van der Waals surface area contributed by atoms with Gasteiger partial charge in [-0.2, -0.15) is 4.98 Å². The van der Waals surface area contributed by atoms with Gasteiger partial charge in [-0.1, -0.05) is 17.3 Å². The lowest BCUT2D eigenvalue weighted by Gasteiger charge is -2.08. The minimum absolute atomic E-state index is 0.240. The molecule has 0 aliphatic heterocycles. The van der Waals surface area contributed by atoms with Gasteiger partial charge >= 0.3 is 0 Å². The van der Waals surface area contributed by atoms with Crippen LogP contribution in [0, 0.1) is 19.7 Å². The Kier molecular flexibility index (Phi) is 4.39. The molecule has 0 aliphatic rings. The molecule has 1 atom stereocenters. The third-order valence-corrected chi connectivity index (χ3v) is 4.42. The molecule has 0 saturated heterocycles. The largest absolute Gasteiger partial charge is 0.340 e. The summed E-state index contributed by atoms with van der Waals surface area (Å²) in [6.45, 7) is 5.38. The molecule has 124 valence electrons. The van der Waals surface area contributed by atoms with E-state index in [1.807, 2.05) is 6.92 Å². The van der Waals surface area contributed by atoms with E-state index in [2.05, 4.69) is 20.4 Å². The number of carbonyl (C=O) groups is 1. The van der Waals surface area contributed by atoms with Crippen molar-refractivity contribution < 1.29 is 13.7 Å². The molecular formula is C16H15FN4O2S. The minimum atomic E-state index is -0.478. The van der Waals surface area contributed by atoms with Gasteiger partial charge in [0.05, 0.1) is 10.7 Å². The molecule has 1 aromatic carbocycles. The van der Waals surface area contributed by atoms with Gasteiger partial charge in [0.2, 0.25) is 11.7 Å². The molecule has 0 unspecified atom stereocenters. The molecule has 2 aromatic heterocycles. The highest BCUT2D eigenvalue weighted by Gasteiger charge is 2.21. The monoisotopic (exact) mass is 346 g/mol. The van der Waals surface area contributed by atoms with Crippen LogP contribution in [0.4, 0.5) is 4.39 Å². The Hall–Kier alpha value is -2.61. The molecule has 0 spiro atoms. The number of benzene rings is 1. The van der Waals surface area contributed by atoms with Crippen molar-refractivity contribution in [3.63, 3.8) is 0 Å². The van der Waals surface area contributed by atoms with Gasteiger partial charge < -0.3 is 9.84 Å². The maximum atomic E-state index is 13.3. The highest BCUT2D eigenvalue weighted by atomic mass is 32.1. The third-order valence-electron chi connectivity index (χ3n) is 3.35. The minimum Gasteiger partial charge on any atom is -0.340 e. The molecule has 2 heterocycles. The highest BCUT2D eigenvalue weighted by Crippen LogP contribution is 2.21. The maximum absolute atomic E-state index is 13.3. The average molecular weight is 346 g/mol. The molecule has 0 aliphatic carbocycles. The third kappa shape index (κ3) is 3.33. The molecule has 6 nitrogen and oxygen atoms in total. The first-order valence-electron chi connectivity index (χ1n) is 7.28. The summed E-state index contributed by atoms with van der Waals surface area (Å²) in [5, 5.41) is 7.47. The number of amides is 1. The Bertz CT molecular complexity index is 890. The average Bonchev–Trinajstić information content (AvgIpc) is 3.14. The molecule has 1 amide bonds. The second kappa shape index (κ2) is 6.48. The number of rotatable bonds is 4. The standard InChI is InChI=1S/C16H15FN4O2S/c1-8-13(24-10(3)18-8)15(22)19-9(2)16-20-14(21-23-16)11-5-4-6-12(17)7-11/h4-7,9H,1-3H3,(H,19,22)/t9-/m0/s1. The summed E-state index contributed by atoms with van der Waals surface area (Å²) in [6.07, 6.45) is 0. The fourth-order valence-electron chi connectivity index (χ4n) is 2.22. The number of hydrogen-bond acceptors (Lipinski definition) is 6. The van der Waals surface area contributed by atoms with E-state index >= 15 is 0 Å². The SMILES string of the molecule is Cc1nc(C)c(C(=O)N[C@@H](C)c2nc(-c3cccc(F)c3)no2)s1. The van der Waals surface area contributed by atoms with Gasteiger partial charge in [-0.15, -0.1) is 11.3 Å². The molecule has 0 bridgehead atoms. The van der Waals surface area contributed by atoms with Gasteiger partial charge in [0, 0.05) is 5.56 Å². The van der Waals surface area contributed by atoms with Crippen LogP contribution in [-0.4, -0.2) is 21.0 Å². The van der Waals surface area contributed by atoms with E-state index in [4.69, 9.17) is 4.52 Å².